The van der Waals surface area contributed by atoms with Crippen LogP contribution in [-0.2, 0) is 10.3 Å². The summed E-state index contributed by atoms with van der Waals surface area (Å²) >= 11 is 0. The van der Waals surface area contributed by atoms with E-state index in [-0.39, 0.29) is 0 Å². The molecule has 0 bridgehead atoms. The minimum atomic E-state index is -0.625. The van der Waals surface area contributed by atoms with E-state index >= 15 is 0 Å². The molecule has 2 fully saturated rings. The zero-order chi connectivity index (χ0) is 13.1. The molecule has 3 nitrogen and oxygen atoms in total. The van der Waals surface area contributed by atoms with Crippen molar-refractivity contribution in [3.8, 4) is 0 Å². The third kappa shape index (κ3) is 2.69. The first-order valence-corrected chi connectivity index (χ1v) is 7.37. The van der Waals surface area contributed by atoms with Crippen molar-refractivity contribution in [3.05, 3.63) is 35.9 Å². The summed E-state index contributed by atoms with van der Waals surface area (Å²) in [5.41, 5.74) is 0.463. The van der Waals surface area contributed by atoms with Gasteiger partial charge in [0.15, 0.2) is 0 Å². The van der Waals surface area contributed by atoms with Gasteiger partial charge in [-0.25, -0.2) is 0 Å². The first-order valence-electron chi connectivity index (χ1n) is 7.37. The largest absolute Gasteiger partial charge is 0.385 e. The molecule has 1 N–H and O–H groups in total. The number of hydrogen-bond acceptors (Lipinski definition) is 3. The van der Waals surface area contributed by atoms with Crippen LogP contribution < -0.4 is 0 Å². The number of aliphatic hydroxyl groups is 1. The van der Waals surface area contributed by atoms with Crippen LogP contribution in [0.3, 0.4) is 0 Å². The van der Waals surface area contributed by atoms with Gasteiger partial charge in [-0.15, -0.1) is 0 Å². The van der Waals surface area contributed by atoms with E-state index in [2.05, 4.69) is 17.0 Å². The van der Waals surface area contributed by atoms with E-state index < -0.39 is 5.60 Å². The highest BCUT2D eigenvalue weighted by Crippen LogP contribution is 2.43. The van der Waals surface area contributed by atoms with Gasteiger partial charge in [-0.1, -0.05) is 30.3 Å². The third-order valence-corrected chi connectivity index (χ3v) is 4.64. The van der Waals surface area contributed by atoms with Crippen molar-refractivity contribution < 1.29 is 9.84 Å². The molecule has 2 atom stereocenters. The van der Waals surface area contributed by atoms with Crippen molar-refractivity contribution in [1.82, 2.24) is 4.90 Å². The zero-order valence-electron chi connectivity index (χ0n) is 11.4. The van der Waals surface area contributed by atoms with E-state index in [1.54, 1.807) is 0 Å². The van der Waals surface area contributed by atoms with Crippen molar-refractivity contribution in [2.45, 2.75) is 24.9 Å². The lowest BCUT2D eigenvalue weighted by Gasteiger charge is -2.36. The molecule has 1 saturated carbocycles. The van der Waals surface area contributed by atoms with Crippen LogP contribution in [0.1, 0.15) is 24.8 Å². The molecule has 3 rings (SSSR count). The van der Waals surface area contributed by atoms with E-state index in [4.69, 9.17) is 4.74 Å². The summed E-state index contributed by atoms with van der Waals surface area (Å²) in [5.74, 6) is 0.355. The van der Waals surface area contributed by atoms with Crippen LogP contribution in [0.15, 0.2) is 30.3 Å². The van der Waals surface area contributed by atoms with E-state index in [0.717, 1.165) is 57.7 Å². The van der Waals surface area contributed by atoms with Gasteiger partial charge >= 0.3 is 0 Å². The first-order chi connectivity index (χ1) is 9.29. The normalized spacial score (nSPS) is 32.6. The summed E-state index contributed by atoms with van der Waals surface area (Å²) in [6.07, 6.45) is 3.15. The van der Waals surface area contributed by atoms with Crippen molar-refractivity contribution in [3.63, 3.8) is 0 Å². The molecular weight excluding hydrogens is 238 g/mol. The molecule has 0 aromatic heterocycles. The Hall–Kier alpha value is -0.900. The summed E-state index contributed by atoms with van der Waals surface area (Å²) in [5, 5.41) is 11.1. The molecule has 19 heavy (non-hydrogen) atoms. The highest BCUT2D eigenvalue weighted by atomic mass is 16.5. The van der Waals surface area contributed by atoms with Gasteiger partial charge in [0.1, 0.15) is 0 Å². The summed E-state index contributed by atoms with van der Waals surface area (Å²) < 4.78 is 5.40. The lowest BCUT2D eigenvalue weighted by atomic mass is 9.83. The number of hydrogen-bond donors (Lipinski definition) is 1. The van der Waals surface area contributed by atoms with E-state index in [0.29, 0.717) is 5.92 Å². The maximum absolute atomic E-state index is 11.1. The summed E-state index contributed by atoms with van der Waals surface area (Å²) in [6.45, 7) is 4.66. The van der Waals surface area contributed by atoms with Crippen molar-refractivity contribution in [2.24, 2.45) is 5.92 Å². The fourth-order valence-electron chi connectivity index (χ4n) is 3.51. The molecule has 2 aliphatic rings. The molecule has 1 aliphatic heterocycles. The summed E-state index contributed by atoms with van der Waals surface area (Å²) in [4.78, 5) is 2.44. The lowest BCUT2D eigenvalue weighted by molar-refractivity contribution is -0.0326. The van der Waals surface area contributed by atoms with Gasteiger partial charge < -0.3 is 9.84 Å². The number of morpholine rings is 1. The fraction of sp³-hybridized carbons (Fsp3) is 0.625. The van der Waals surface area contributed by atoms with Gasteiger partial charge in [0.25, 0.3) is 0 Å². The lowest BCUT2D eigenvalue weighted by Crippen LogP contribution is -2.43. The Morgan fingerprint density at radius 3 is 2.68 bits per heavy atom. The number of rotatable bonds is 3. The van der Waals surface area contributed by atoms with Crippen LogP contribution in [0.2, 0.25) is 0 Å². The molecule has 1 aromatic carbocycles. The topological polar surface area (TPSA) is 32.7 Å². The third-order valence-electron chi connectivity index (χ3n) is 4.64. The van der Waals surface area contributed by atoms with Crippen LogP contribution in [0.4, 0.5) is 0 Å². The fourth-order valence-corrected chi connectivity index (χ4v) is 3.51. The molecule has 3 heteroatoms. The number of benzene rings is 1. The van der Waals surface area contributed by atoms with Gasteiger partial charge in [0.2, 0.25) is 0 Å². The Kier molecular flexibility index (Phi) is 3.87. The molecule has 1 heterocycles. The molecular formula is C16H23NO2. The summed E-state index contributed by atoms with van der Waals surface area (Å²) in [6, 6.07) is 10.2. The Bertz CT molecular complexity index is 402. The molecule has 0 amide bonds. The van der Waals surface area contributed by atoms with Gasteiger partial charge in [-0.2, -0.15) is 0 Å². The Balaban J connectivity index is 1.73. The van der Waals surface area contributed by atoms with E-state index in [9.17, 15) is 5.11 Å². The van der Waals surface area contributed by atoms with Crippen LogP contribution >= 0.6 is 0 Å². The second kappa shape index (κ2) is 5.61. The second-order valence-electron chi connectivity index (χ2n) is 5.79. The predicted molar refractivity (Wildman–Crippen MR) is 74.9 cm³/mol. The second-order valence-corrected chi connectivity index (χ2v) is 5.79. The Morgan fingerprint density at radius 1 is 1.21 bits per heavy atom. The first kappa shape index (κ1) is 13.1. The maximum Gasteiger partial charge on any atom is 0.0936 e. The zero-order valence-corrected chi connectivity index (χ0v) is 11.4. The average molecular weight is 261 g/mol. The minimum absolute atomic E-state index is 0.355. The standard InChI is InChI=1S/C16H23NO2/c18-16(14-5-2-1-3-6-14)8-4-7-15(16)13-17-9-11-19-12-10-17/h1-3,5-6,15,18H,4,7-13H2. The van der Waals surface area contributed by atoms with Gasteiger partial charge in [0.05, 0.1) is 18.8 Å². The van der Waals surface area contributed by atoms with Crippen LogP contribution in [0, 0.1) is 5.92 Å². The highest BCUT2D eigenvalue weighted by Gasteiger charge is 2.43. The highest BCUT2D eigenvalue weighted by molar-refractivity contribution is 5.24. The monoisotopic (exact) mass is 261 g/mol. The predicted octanol–water partition coefficient (Wildman–Crippen LogP) is 2.01. The molecule has 1 saturated heterocycles. The minimum Gasteiger partial charge on any atom is -0.385 e. The molecule has 104 valence electrons. The molecule has 1 aliphatic carbocycles. The van der Waals surface area contributed by atoms with Crippen LogP contribution in [-0.4, -0.2) is 42.9 Å². The molecule has 0 radical (unpaired) electrons. The SMILES string of the molecule is OC1(c2ccccc2)CCCC1CN1CCOCC1. The smallest absolute Gasteiger partial charge is 0.0936 e. The Morgan fingerprint density at radius 2 is 1.95 bits per heavy atom. The van der Waals surface area contributed by atoms with Crippen LogP contribution in [0.25, 0.3) is 0 Å². The molecule has 2 unspecified atom stereocenters. The van der Waals surface area contributed by atoms with Gasteiger partial charge in [-0.05, 0) is 24.8 Å². The number of nitrogens with zero attached hydrogens (tertiary/aromatic N) is 1. The Labute approximate surface area is 115 Å². The van der Waals surface area contributed by atoms with E-state index in [1.807, 2.05) is 18.2 Å². The van der Waals surface area contributed by atoms with E-state index in [1.165, 1.54) is 0 Å². The van der Waals surface area contributed by atoms with Crippen LogP contribution in [0.5, 0.6) is 0 Å². The van der Waals surface area contributed by atoms with Crippen molar-refractivity contribution >= 4 is 0 Å². The number of ether oxygens (including phenoxy) is 1. The maximum atomic E-state index is 11.1. The average Bonchev–Trinajstić information content (AvgIpc) is 2.84. The van der Waals surface area contributed by atoms with Gasteiger partial charge in [0, 0.05) is 25.6 Å². The molecule has 1 aromatic rings. The summed E-state index contributed by atoms with van der Waals surface area (Å²) in [7, 11) is 0. The quantitative estimate of drug-likeness (QED) is 0.903. The molecule has 0 spiro atoms. The van der Waals surface area contributed by atoms with Gasteiger partial charge in [-0.3, -0.25) is 4.90 Å². The van der Waals surface area contributed by atoms with Crippen molar-refractivity contribution in [1.29, 1.82) is 0 Å². The van der Waals surface area contributed by atoms with Crippen molar-refractivity contribution in [2.75, 3.05) is 32.8 Å².